The summed E-state index contributed by atoms with van der Waals surface area (Å²) in [7, 11) is 0. The average molecular weight is 259 g/mol. The molecule has 1 aromatic carbocycles. The van der Waals surface area contributed by atoms with Gasteiger partial charge in [-0.3, -0.25) is 0 Å². The molecule has 0 aliphatic heterocycles. The molecule has 5 heteroatoms. The van der Waals surface area contributed by atoms with Crippen LogP contribution in [-0.4, -0.2) is 18.9 Å². The molecule has 0 fully saturated rings. The van der Waals surface area contributed by atoms with Crippen molar-refractivity contribution in [1.29, 1.82) is 0 Å². The molecule has 1 unspecified atom stereocenters. The summed E-state index contributed by atoms with van der Waals surface area (Å²) >= 11 is 0. The van der Waals surface area contributed by atoms with Gasteiger partial charge in [0.05, 0.1) is 0 Å². The van der Waals surface area contributed by atoms with E-state index in [0.29, 0.717) is 5.56 Å². The highest BCUT2D eigenvalue weighted by atomic mass is 19.4. The van der Waals surface area contributed by atoms with Gasteiger partial charge in [-0.15, -0.1) is 13.2 Å². The van der Waals surface area contributed by atoms with Crippen LogP contribution in [0.25, 0.3) is 6.08 Å². The van der Waals surface area contributed by atoms with E-state index in [1.165, 1.54) is 12.1 Å². The number of rotatable bonds is 5. The highest BCUT2D eigenvalue weighted by Crippen LogP contribution is 2.26. The number of nitrogens with one attached hydrogen (secondary N) is 1. The molecule has 0 aromatic heterocycles. The molecule has 1 rings (SSSR count). The quantitative estimate of drug-likeness (QED) is 0.872. The van der Waals surface area contributed by atoms with Crippen LogP contribution in [0.4, 0.5) is 13.2 Å². The normalized spacial score (nSPS) is 13.8. The number of likely N-dealkylation sites (N-methyl/N-ethyl adjacent to an activating group) is 1. The van der Waals surface area contributed by atoms with Crippen LogP contribution in [0.15, 0.2) is 30.3 Å². The monoisotopic (exact) mass is 259 g/mol. The van der Waals surface area contributed by atoms with Crippen molar-refractivity contribution in [2.45, 2.75) is 26.3 Å². The molecule has 0 aliphatic rings. The van der Waals surface area contributed by atoms with E-state index >= 15 is 0 Å². The van der Waals surface area contributed by atoms with Crippen molar-refractivity contribution < 1.29 is 17.9 Å². The van der Waals surface area contributed by atoms with E-state index in [4.69, 9.17) is 0 Å². The van der Waals surface area contributed by atoms with Gasteiger partial charge < -0.3 is 10.1 Å². The number of alkyl halides is 3. The Morgan fingerprint density at radius 3 is 2.61 bits per heavy atom. The summed E-state index contributed by atoms with van der Waals surface area (Å²) < 4.78 is 40.5. The second kappa shape index (κ2) is 6.44. The second-order valence-corrected chi connectivity index (χ2v) is 3.79. The Bertz CT molecular complexity index is 401. The Labute approximate surface area is 104 Å². The molecular formula is C13H16F3NO. The summed E-state index contributed by atoms with van der Waals surface area (Å²) in [5.41, 5.74) is 0.402. The highest BCUT2D eigenvalue weighted by molar-refractivity contribution is 5.57. The van der Waals surface area contributed by atoms with Gasteiger partial charge >= 0.3 is 6.36 Å². The van der Waals surface area contributed by atoms with E-state index in [0.717, 1.165) is 6.54 Å². The first-order valence-corrected chi connectivity index (χ1v) is 5.68. The van der Waals surface area contributed by atoms with Crippen molar-refractivity contribution in [3.05, 3.63) is 35.9 Å². The van der Waals surface area contributed by atoms with E-state index in [2.05, 4.69) is 10.1 Å². The molecule has 2 nitrogen and oxygen atoms in total. The minimum absolute atomic E-state index is 0.0916. The SMILES string of the molecule is CCNC(C)/C=C/c1ccccc1OC(F)(F)F. The average Bonchev–Trinajstić information content (AvgIpc) is 2.26. The fraction of sp³-hybridized carbons (Fsp3) is 0.385. The van der Waals surface area contributed by atoms with Gasteiger partial charge in [-0.05, 0) is 19.5 Å². The first kappa shape index (κ1) is 14.6. The first-order chi connectivity index (χ1) is 8.42. The molecule has 0 heterocycles. The number of ether oxygens (including phenoxy) is 1. The van der Waals surface area contributed by atoms with Gasteiger partial charge in [0.1, 0.15) is 5.75 Å². The molecular weight excluding hydrogens is 243 g/mol. The summed E-state index contributed by atoms with van der Waals surface area (Å²) in [5.74, 6) is -0.190. The van der Waals surface area contributed by atoms with Gasteiger partial charge in [-0.2, -0.15) is 0 Å². The Hall–Kier alpha value is -1.49. The Morgan fingerprint density at radius 1 is 1.33 bits per heavy atom. The third kappa shape index (κ3) is 5.23. The third-order valence-corrected chi connectivity index (χ3v) is 2.24. The topological polar surface area (TPSA) is 21.3 Å². The standard InChI is InChI=1S/C13H16F3NO/c1-3-17-10(2)8-9-11-6-4-5-7-12(11)18-13(14,15)16/h4-10,17H,3H2,1-2H3/b9-8+. The fourth-order valence-corrected chi connectivity index (χ4v) is 1.47. The molecule has 0 radical (unpaired) electrons. The molecule has 1 atom stereocenters. The van der Waals surface area contributed by atoms with Crippen LogP contribution in [0.2, 0.25) is 0 Å². The van der Waals surface area contributed by atoms with Crippen LogP contribution in [-0.2, 0) is 0 Å². The Kier molecular flexibility index (Phi) is 5.22. The molecule has 1 aromatic rings. The molecule has 18 heavy (non-hydrogen) atoms. The van der Waals surface area contributed by atoms with Gasteiger partial charge in [0.2, 0.25) is 0 Å². The van der Waals surface area contributed by atoms with Crippen molar-refractivity contribution in [3.8, 4) is 5.75 Å². The first-order valence-electron chi connectivity index (χ1n) is 5.68. The maximum absolute atomic E-state index is 12.2. The molecule has 0 bridgehead atoms. The lowest BCUT2D eigenvalue weighted by molar-refractivity contribution is -0.274. The molecule has 100 valence electrons. The molecule has 1 N–H and O–H groups in total. The molecule has 0 spiro atoms. The lowest BCUT2D eigenvalue weighted by Gasteiger charge is -2.11. The Balaban J connectivity index is 2.82. The second-order valence-electron chi connectivity index (χ2n) is 3.79. The summed E-state index contributed by atoms with van der Waals surface area (Å²) in [4.78, 5) is 0. The van der Waals surface area contributed by atoms with Crippen molar-refractivity contribution >= 4 is 6.08 Å². The van der Waals surface area contributed by atoms with Crippen LogP contribution >= 0.6 is 0 Å². The van der Waals surface area contributed by atoms with Crippen LogP contribution in [0.5, 0.6) is 5.75 Å². The molecule has 0 amide bonds. The largest absolute Gasteiger partial charge is 0.573 e. The van der Waals surface area contributed by atoms with E-state index in [9.17, 15) is 13.2 Å². The third-order valence-electron chi connectivity index (χ3n) is 2.24. The zero-order chi connectivity index (χ0) is 13.6. The van der Waals surface area contributed by atoms with E-state index < -0.39 is 6.36 Å². The minimum Gasteiger partial charge on any atom is -0.405 e. The summed E-state index contributed by atoms with van der Waals surface area (Å²) in [6, 6.07) is 6.14. The number of hydrogen-bond donors (Lipinski definition) is 1. The van der Waals surface area contributed by atoms with Gasteiger partial charge in [-0.25, -0.2) is 0 Å². The zero-order valence-corrected chi connectivity index (χ0v) is 10.3. The lowest BCUT2D eigenvalue weighted by Crippen LogP contribution is -2.23. The number of halogens is 3. The predicted molar refractivity (Wildman–Crippen MR) is 65.3 cm³/mol. The number of hydrogen-bond acceptors (Lipinski definition) is 2. The fourth-order valence-electron chi connectivity index (χ4n) is 1.47. The summed E-state index contributed by atoms with van der Waals surface area (Å²) in [6.45, 7) is 4.69. The van der Waals surface area contributed by atoms with Gasteiger partial charge in [-0.1, -0.05) is 37.3 Å². The number of benzene rings is 1. The smallest absolute Gasteiger partial charge is 0.405 e. The van der Waals surface area contributed by atoms with Gasteiger partial charge in [0, 0.05) is 11.6 Å². The van der Waals surface area contributed by atoms with Crippen LogP contribution < -0.4 is 10.1 Å². The summed E-state index contributed by atoms with van der Waals surface area (Å²) in [5, 5.41) is 3.13. The van der Waals surface area contributed by atoms with Crippen molar-refractivity contribution in [2.24, 2.45) is 0 Å². The predicted octanol–water partition coefficient (Wildman–Crippen LogP) is 3.60. The van der Waals surface area contributed by atoms with Gasteiger partial charge in [0.25, 0.3) is 0 Å². The molecule has 0 aliphatic carbocycles. The minimum atomic E-state index is -4.67. The number of para-hydroxylation sites is 1. The highest BCUT2D eigenvalue weighted by Gasteiger charge is 2.31. The lowest BCUT2D eigenvalue weighted by atomic mass is 10.1. The van der Waals surface area contributed by atoms with E-state index in [1.807, 2.05) is 13.8 Å². The van der Waals surface area contributed by atoms with E-state index in [-0.39, 0.29) is 11.8 Å². The Morgan fingerprint density at radius 2 is 2.00 bits per heavy atom. The van der Waals surface area contributed by atoms with Gasteiger partial charge in [0.15, 0.2) is 0 Å². The molecule has 0 saturated carbocycles. The van der Waals surface area contributed by atoms with Crippen molar-refractivity contribution in [2.75, 3.05) is 6.54 Å². The van der Waals surface area contributed by atoms with Crippen molar-refractivity contribution in [3.63, 3.8) is 0 Å². The van der Waals surface area contributed by atoms with Crippen LogP contribution in [0.1, 0.15) is 19.4 Å². The summed E-state index contributed by atoms with van der Waals surface area (Å²) in [6.07, 6.45) is -1.26. The maximum Gasteiger partial charge on any atom is 0.573 e. The van der Waals surface area contributed by atoms with Crippen LogP contribution in [0, 0.1) is 0 Å². The van der Waals surface area contributed by atoms with Crippen molar-refractivity contribution in [1.82, 2.24) is 5.32 Å². The maximum atomic E-state index is 12.2. The zero-order valence-electron chi connectivity index (χ0n) is 10.3. The van der Waals surface area contributed by atoms with E-state index in [1.54, 1.807) is 24.3 Å². The molecule has 0 saturated heterocycles. The van der Waals surface area contributed by atoms with Crippen LogP contribution in [0.3, 0.4) is 0 Å².